The summed E-state index contributed by atoms with van der Waals surface area (Å²) in [5.41, 5.74) is 1.64. The van der Waals surface area contributed by atoms with E-state index in [0.29, 0.717) is 19.0 Å². The van der Waals surface area contributed by atoms with E-state index in [4.69, 9.17) is 4.74 Å². The van der Waals surface area contributed by atoms with Crippen LogP contribution in [-0.2, 0) is 17.7 Å². The minimum atomic E-state index is -0.0398. The van der Waals surface area contributed by atoms with Crippen LogP contribution in [0.25, 0.3) is 0 Å². The van der Waals surface area contributed by atoms with E-state index in [2.05, 4.69) is 20.6 Å². The number of aromatic amines is 1. The SMILES string of the molecule is O=c1[nH]c(NCC2CCCO2)nc2c1CNCC2. The molecule has 1 aromatic rings. The third-order valence-electron chi connectivity index (χ3n) is 3.46. The Hall–Kier alpha value is -1.40. The topological polar surface area (TPSA) is 79.0 Å². The van der Waals surface area contributed by atoms with Crippen molar-refractivity contribution in [3.8, 4) is 0 Å². The zero-order valence-electron chi connectivity index (χ0n) is 10.3. The number of nitrogens with zero attached hydrogens (tertiary/aromatic N) is 1. The Morgan fingerprint density at radius 3 is 3.28 bits per heavy atom. The van der Waals surface area contributed by atoms with Crippen LogP contribution in [0.4, 0.5) is 5.95 Å². The summed E-state index contributed by atoms with van der Waals surface area (Å²) in [7, 11) is 0. The number of H-pyrrole nitrogens is 1. The summed E-state index contributed by atoms with van der Waals surface area (Å²) in [6.45, 7) is 3.05. The lowest BCUT2D eigenvalue weighted by atomic mass is 10.1. The predicted octanol–water partition coefficient (Wildman–Crippen LogP) is 0.00650. The van der Waals surface area contributed by atoms with Gasteiger partial charge in [-0.05, 0) is 12.8 Å². The summed E-state index contributed by atoms with van der Waals surface area (Å²) in [5, 5.41) is 6.34. The van der Waals surface area contributed by atoms with Gasteiger partial charge < -0.3 is 15.4 Å². The first-order valence-electron chi connectivity index (χ1n) is 6.51. The molecule has 0 bridgehead atoms. The maximum absolute atomic E-state index is 11.9. The molecule has 0 saturated carbocycles. The number of nitrogens with one attached hydrogen (secondary N) is 3. The molecule has 0 amide bonds. The first-order valence-corrected chi connectivity index (χ1v) is 6.51. The maximum Gasteiger partial charge on any atom is 0.257 e. The quantitative estimate of drug-likeness (QED) is 0.704. The van der Waals surface area contributed by atoms with Crippen molar-refractivity contribution in [2.75, 3.05) is 25.0 Å². The standard InChI is InChI=1S/C12H18N4O2/c17-11-9-7-13-4-3-10(9)15-12(16-11)14-6-8-2-1-5-18-8/h8,13H,1-7H2,(H2,14,15,16,17). The lowest BCUT2D eigenvalue weighted by Crippen LogP contribution is -2.32. The van der Waals surface area contributed by atoms with Crippen molar-refractivity contribution < 1.29 is 4.74 Å². The fourth-order valence-corrected chi connectivity index (χ4v) is 2.45. The summed E-state index contributed by atoms with van der Waals surface area (Å²) in [4.78, 5) is 19.1. The van der Waals surface area contributed by atoms with Crippen molar-refractivity contribution >= 4 is 5.95 Å². The molecule has 0 aliphatic carbocycles. The van der Waals surface area contributed by atoms with Crippen molar-refractivity contribution in [3.63, 3.8) is 0 Å². The summed E-state index contributed by atoms with van der Waals surface area (Å²) >= 11 is 0. The maximum atomic E-state index is 11.9. The van der Waals surface area contributed by atoms with Gasteiger partial charge in [0, 0.05) is 32.7 Å². The minimum absolute atomic E-state index is 0.0398. The highest BCUT2D eigenvalue weighted by molar-refractivity contribution is 5.31. The van der Waals surface area contributed by atoms with Gasteiger partial charge in [-0.2, -0.15) is 0 Å². The van der Waals surface area contributed by atoms with Crippen LogP contribution in [0.1, 0.15) is 24.1 Å². The van der Waals surface area contributed by atoms with Crippen LogP contribution in [-0.4, -0.2) is 35.8 Å². The average Bonchev–Trinajstić information content (AvgIpc) is 2.90. The Morgan fingerprint density at radius 1 is 1.50 bits per heavy atom. The summed E-state index contributed by atoms with van der Waals surface area (Å²) < 4.78 is 5.53. The number of anilines is 1. The lowest BCUT2D eigenvalue weighted by molar-refractivity contribution is 0.120. The van der Waals surface area contributed by atoms with Gasteiger partial charge in [0.2, 0.25) is 5.95 Å². The summed E-state index contributed by atoms with van der Waals surface area (Å²) in [6, 6.07) is 0. The van der Waals surface area contributed by atoms with Gasteiger partial charge in [-0.25, -0.2) is 4.98 Å². The van der Waals surface area contributed by atoms with E-state index in [0.717, 1.165) is 43.7 Å². The molecule has 0 spiro atoms. The monoisotopic (exact) mass is 250 g/mol. The Balaban J connectivity index is 1.72. The molecule has 98 valence electrons. The number of fused-ring (bicyclic) bond motifs is 1. The van der Waals surface area contributed by atoms with Crippen LogP contribution < -0.4 is 16.2 Å². The first kappa shape index (κ1) is 11.7. The molecule has 6 heteroatoms. The molecule has 1 atom stereocenters. The number of ether oxygens (including phenoxy) is 1. The van der Waals surface area contributed by atoms with Crippen LogP contribution in [0, 0.1) is 0 Å². The average molecular weight is 250 g/mol. The van der Waals surface area contributed by atoms with Gasteiger partial charge in [0.15, 0.2) is 0 Å². The fourth-order valence-electron chi connectivity index (χ4n) is 2.45. The van der Waals surface area contributed by atoms with Crippen molar-refractivity contribution in [1.29, 1.82) is 0 Å². The second kappa shape index (κ2) is 5.07. The van der Waals surface area contributed by atoms with Crippen LogP contribution >= 0.6 is 0 Å². The molecule has 1 fully saturated rings. The zero-order valence-corrected chi connectivity index (χ0v) is 10.3. The second-order valence-corrected chi connectivity index (χ2v) is 4.78. The first-order chi connectivity index (χ1) is 8.83. The lowest BCUT2D eigenvalue weighted by Gasteiger charge is -2.17. The molecule has 0 aromatic carbocycles. The van der Waals surface area contributed by atoms with E-state index in [9.17, 15) is 4.79 Å². The number of hydrogen-bond acceptors (Lipinski definition) is 5. The highest BCUT2D eigenvalue weighted by Crippen LogP contribution is 2.13. The van der Waals surface area contributed by atoms with Crippen LogP contribution in [0.2, 0.25) is 0 Å². The van der Waals surface area contributed by atoms with Crippen LogP contribution in [0.15, 0.2) is 4.79 Å². The third-order valence-corrected chi connectivity index (χ3v) is 3.46. The van der Waals surface area contributed by atoms with Gasteiger partial charge in [0.05, 0.1) is 17.4 Å². The van der Waals surface area contributed by atoms with E-state index < -0.39 is 0 Å². The number of aromatic nitrogens is 2. The van der Waals surface area contributed by atoms with E-state index >= 15 is 0 Å². The Morgan fingerprint density at radius 2 is 2.44 bits per heavy atom. The Bertz CT molecular complexity index is 479. The van der Waals surface area contributed by atoms with Gasteiger partial charge in [0.25, 0.3) is 5.56 Å². The molecule has 2 aliphatic heterocycles. The molecule has 1 saturated heterocycles. The Kier molecular flexibility index (Phi) is 3.29. The fraction of sp³-hybridized carbons (Fsp3) is 0.667. The minimum Gasteiger partial charge on any atom is -0.376 e. The molecule has 6 nitrogen and oxygen atoms in total. The third kappa shape index (κ3) is 2.39. The molecular weight excluding hydrogens is 232 g/mol. The van der Waals surface area contributed by atoms with Crippen LogP contribution in [0.5, 0.6) is 0 Å². The molecule has 18 heavy (non-hydrogen) atoms. The summed E-state index contributed by atoms with van der Waals surface area (Å²) in [5.74, 6) is 0.566. The van der Waals surface area contributed by atoms with Crippen molar-refractivity contribution in [1.82, 2.24) is 15.3 Å². The van der Waals surface area contributed by atoms with E-state index in [-0.39, 0.29) is 11.7 Å². The van der Waals surface area contributed by atoms with Crippen LogP contribution in [0.3, 0.4) is 0 Å². The van der Waals surface area contributed by atoms with E-state index in [1.807, 2.05) is 0 Å². The molecule has 3 rings (SSSR count). The zero-order chi connectivity index (χ0) is 12.4. The van der Waals surface area contributed by atoms with Gasteiger partial charge in [0.1, 0.15) is 0 Å². The second-order valence-electron chi connectivity index (χ2n) is 4.78. The van der Waals surface area contributed by atoms with Crippen molar-refractivity contribution in [3.05, 3.63) is 21.6 Å². The van der Waals surface area contributed by atoms with Gasteiger partial charge in [-0.3, -0.25) is 9.78 Å². The highest BCUT2D eigenvalue weighted by atomic mass is 16.5. The normalized spacial score (nSPS) is 22.8. The molecule has 1 unspecified atom stereocenters. The molecular formula is C12H18N4O2. The molecule has 3 heterocycles. The number of rotatable bonds is 3. The largest absolute Gasteiger partial charge is 0.376 e. The van der Waals surface area contributed by atoms with E-state index in [1.165, 1.54) is 0 Å². The van der Waals surface area contributed by atoms with Gasteiger partial charge in [-0.15, -0.1) is 0 Å². The number of hydrogen-bond donors (Lipinski definition) is 3. The van der Waals surface area contributed by atoms with Gasteiger partial charge >= 0.3 is 0 Å². The Labute approximate surface area is 105 Å². The molecule has 1 aromatic heterocycles. The summed E-state index contributed by atoms with van der Waals surface area (Å²) in [6.07, 6.45) is 3.25. The molecule has 2 aliphatic rings. The van der Waals surface area contributed by atoms with E-state index in [1.54, 1.807) is 0 Å². The highest BCUT2D eigenvalue weighted by Gasteiger charge is 2.17. The van der Waals surface area contributed by atoms with Crippen molar-refractivity contribution in [2.24, 2.45) is 0 Å². The molecule has 0 radical (unpaired) electrons. The predicted molar refractivity (Wildman–Crippen MR) is 67.7 cm³/mol. The van der Waals surface area contributed by atoms with Gasteiger partial charge in [-0.1, -0.05) is 0 Å². The smallest absolute Gasteiger partial charge is 0.257 e. The van der Waals surface area contributed by atoms with Crippen molar-refractivity contribution in [2.45, 2.75) is 31.9 Å². The molecule has 3 N–H and O–H groups in total.